The molecule has 0 bridgehead atoms. The van der Waals surface area contributed by atoms with Crippen LogP contribution in [0.2, 0.25) is 0 Å². The zero-order valence-corrected chi connectivity index (χ0v) is 19.2. The van der Waals surface area contributed by atoms with Crippen molar-refractivity contribution in [1.82, 2.24) is 0 Å². The molecule has 35 heavy (non-hydrogen) atoms. The van der Waals surface area contributed by atoms with Gasteiger partial charge in [-0.05, 0) is 59.7 Å². The topological polar surface area (TPSA) is 103 Å². The molecule has 0 spiro atoms. The number of carbonyl (C=O) groups excluding carboxylic acids is 2. The van der Waals surface area contributed by atoms with Crippen LogP contribution < -0.4 is 19.5 Å². The van der Waals surface area contributed by atoms with E-state index < -0.39 is 11.8 Å². The molecule has 1 amide bonds. The largest absolute Gasteiger partial charge is 0.497 e. The molecule has 3 aromatic carbocycles. The SMILES string of the molecule is COc1ccc(C2(O)OC(=O)C(c3ccc4c(c3)OCO4)=C2Cc2ccc(NC(C)=O)cc2)cc1. The first kappa shape index (κ1) is 22.5. The van der Waals surface area contributed by atoms with Crippen molar-refractivity contribution >= 4 is 23.1 Å². The van der Waals surface area contributed by atoms with E-state index in [2.05, 4.69) is 5.32 Å². The highest BCUT2D eigenvalue weighted by Crippen LogP contribution is 2.46. The van der Waals surface area contributed by atoms with Gasteiger partial charge in [-0.15, -0.1) is 0 Å². The third-order valence-corrected chi connectivity index (χ3v) is 5.95. The standard InChI is InChI=1S/C27H23NO7/c1-16(29)28-20-8-3-17(4-9-20)13-22-25(18-5-12-23-24(14-18)34-15-33-23)26(30)35-27(22,31)19-6-10-21(32-2)11-7-19/h3-12,14,31H,13,15H2,1-2H3,(H,28,29). The van der Waals surface area contributed by atoms with Crippen molar-refractivity contribution in [2.75, 3.05) is 19.2 Å². The molecule has 2 aliphatic rings. The summed E-state index contributed by atoms with van der Waals surface area (Å²) in [6.45, 7) is 1.54. The summed E-state index contributed by atoms with van der Waals surface area (Å²) in [4.78, 5) is 24.5. The Morgan fingerprint density at radius 2 is 1.74 bits per heavy atom. The van der Waals surface area contributed by atoms with Gasteiger partial charge in [-0.2, -0.15) is 0 Å². The van der Waals surface area contributed by atoms with E-state index in [0.29, 0.717) is 39.6 Å². The Morgan fingerprint density at radius 1 is 1.03 bits per heavy atom. The molecule has 0 aliphatic carbocycles. The van der Waals surface area contributed by atoms with Gasteiger partial charge in [-0.1, -0.05) is 18.2 Å². The van der Waals surface area contributed by atoms with Crippen molar-refractivity contribution in [3.8, 4) is 17.2 Å². The molecule has 2 heterocycles. The van der Waals surface area contributed by atoms with E-state index in [1.807, 2.05) is 12.1 Å². The molecule has 3 aromatic rings. The Balaban J connectivity index is 1.60. The minimum Gasteiger partial charge on any atom is -0.497 e. The quantitative estimate of drug-likeness (QED) is 0.525. The molecule has 5 rings (SSSR count). The van der Waals surface area contributed by atoms with Crippen LogP contribution >= 0.6 is 0 Å². The lowest BCUT2D eigenvalue weighted by atomic mass is 9.88. The van der Waals surface area contributed by atoms with Crippen LogP contribution in [0.3, 0.4) is 0 Å². The predicted octanol–water partition coefficient (Wildman–Crippen LogP) is 3.78. The van der Waals surface area contributed by atoms with Gasteiger partial charge in [0, 0.05) is 30.2 Å². The Hall–Kier alpha value is -4.30. The maximum absolute atomic E-state index is 13.2. The zero-order chi connectivity index (χ0) is 24.6. The molecule has 1 unspecified atom stereocenters. The van der Waals surface area contributed by atoms with E-state index in [0.717, 1.165) is 5.56 Å². The third kappa shape index (κ3) is 4.20. The Labute approximate surface area is 201 Å². The van der Waals surface area contributed by atoms with Crippen LogP contribution in [0.4, 0.5) is 5.69 Å². The summed E-state index contributed by atoms with van der Waals surface area (Å²) in [6.07, 6.45) is 0.221. The molecule has 0 radical (unpaired) electrons. The number of aliphatic hydroxyl groups is 1. The van der Waals surface area contributed by atoms with Gasteiger partial charge < -0.3 is 29.4 Å². The van der Waals surface area contributed by atoms with Gasteiger partial charge in [0.1, 0.15) is 5.75 Å². The summed E-state index contributed by atoms with van der Waals surface area (Å²) in [5.74, 6) is -1.09. The van der Waals surface area contributed by atoms with E-state index in [9.17, 15) is 14.7 Å². The molecule has 0 saturated carbocycles. The lowest BCUT2D eigenvalue weighted by Gasteiger charge is -2.26. The van der Waals surface area contributed by atoms with Crippen molar-refractivity contribution in [3.63, 3.8) is 0 Å². The van der Waals surface area contributed by atoms with Gasteiger partial charge in [-0.3, -0.25) is 4.79 Å². The molecular weight excluding hydrogens is 450 g/mol. The van der Waals surface area contributed by atoms with Gasteiger partial charge in [0.2, 0.25) is 12.7 Å². The van der Waals surface area contributed by atoms with Crippen LogP contribution in [-0.4, -0.2) is 30.9 Å². The fourth-order valence-corrected chi connectivity index (χ4v) is 4.26. The first-order valence-corrected chi connectivity index (χ1v) is 11.0. The number of hydrogen-bond acceptors (Lipinski definition) is 7. The fraction of sp³-hybridized carbons (Fsp3) is 0.185. The highest BCUT2D eigenvalue weighted by atomic mass is 16.7. The van der Waals surface area contributed by atoms with E-state index in [1.54, 1.807) is 61.7 Å². The molecule has 2 N–H and O–H groups in total. The molecule has 178 valence electrons. The minimum atomic E-state index is -1.98. The van der Waals surface area contributed by atoms with Crippen LogP contribution in [0.5, 0.6) is 17.2 Å². The van der Waals surface area contributed by atoms with E-state index in [4.69, 9.17) is 18.9 Å². The first-order valence-electron chi connectivity index (χ1n) is 11.0. The van der Waals surface area contributed by atoms with E-state index >= 15 is 0 Å². The molecule has 1 atom stereocenters. The number of ether oxygens (including phenoxy) is 4. The highest BCUT2D eigenvalue weighted by molar-refractivity contribution is 6.20. The van der Waals surface area contributed by atoms with Crippen LogP contribution in [0.15, 0.2) is 72.3 Å². The number of benzene rings is 3. The summed E-state index contributed by atoms with van der Waals surface area (Å²) in [5.41, 5.74) is 3.06. The lowest BCUT2D eigenvalue weighted by molar-refractivity contribution is -0.185. The monoisotopic (exact) mass is 473 g/mol. The number of methoxy groups -OCH3 is 1. The number of carbonyl (C=O) groups is 2. The summed E-state index contributed by atoms with van der Waals surface area (Å²) < 4.78 is 21.7. The number of esters is 1. The van der Waals surface area contributed by atoms with Gasteiger partial charge in [0.15, 0.2) is 11.5 Å². The summed E-state index contributed by atoms with van der Waals surface area (Å²) in [7, 11) is 1.55. The second-order valence-corrected chi connectivity index (χ2v) is 8.24. The number of cyclic esters (lactones) is 1. The summed E-state index contributed by atoms with van der Waals surface area (Å²) >= 11 is 0. The molecule has 0 saturated heterocycles. The van der Waals surface area contributed by atoms with Crippen molar-refractivity contribution in [3.05, 3.63) is 89.0 Å². The number of hydrogen-bond donors (Lipinski definition) is 2. The maximum atomic E-state index is 13.2. The number of fused-ring (bicyclic) bond motifs is 1. The smallest absolute Gasteiger partial charge is 0.342 e. The van der Waals surface area contributed by atoms with Gasteiger partial charge >= 0.3 is 5.97 Å². The van der Waals surface area contributed by atoms with Gasteiger partial charge in [0.25, 0.3) is 5.79 Å². The van der Waals surface area contributed by atoms with Crippen molar-refractivity contribution in [2.45, 2.75) is 19.1 Å². The number of anilines is 1. The van der Waals surface area contributed by atoms with Crippen molar-refractivity contribution in [1.29, 1.82) is 0 Å². The van der Waals surface area contributed by atoms with Crippen LogP contribution in [0, 0.1) is 0 Å². The van der Waals surface area contributed by atoms with Crippen molar-refractivity contribution < 1.29 is 33.6 Å². The van der Waals surface area contributed by atoms with Crippen LogP contribution in [0.1, 0.15) is 23.6 Å². The van der Waals surface area contributed by atoms with Crippen LogP contribution in [0.25, 0.3) is 5.57 Å². The number of amides is 1. The molecular formula is C27H23NO7. The fourth-order valence-electron chi connectivity index (χ4n) is 4.26. The average molecular weight is 473 g/mol. The summed E-state index contributed by atoms with van der Waals surface area (Å²) in [5, 5.41) is 14.5. The number of nitrogens with one attached hydrogen (secondary N) is 1. The number of rotatable bonds is 6. The Bertz CT molecular complexity index is 1330. The molecule has 0 fully saturated rings. The molecule has 8 nitrogen and oxygen atoms in total. The van der Waals surface area contributed by atoms with Gasteiger partial charge in [-0.25, -0.2) is 4.79 Å². The predicted molar refractivity (Wildman–Crippen MR) is 127 cm³/mol. The lowest BCUT2D eigenvalue weighted by Crippen LogP contribution is -2.29. The average Bonchev–Trinajstić information content (AvgIpc) is 3.42. The van der Waals surface area contributed by atoms with Crippen molar-refractivity contribution in [2.24, 2.45) is 0 Å². The second kappa shape index (κ2) is 8.81. The highest BCUT2D eigenvalue weighted by Gasteiger charge is 2.48. The first-order chi connectivity index (χ1) is 16.9. The third-order valence-electron chi connectivity index (χ3n) is 5.95. The minimum absolute atomic E-state index is 0.103. The normalized spacial score (nSPS) is 18.4. The van der Waals surface area contributed by atoms with E-state index in [-0.39, 0.29) is 24.7 Å². The van der Waals surface area contributed by atoms with Gasteiger partial charge in [0.05, 0.1) is 12.7 Å². The van der Waals surface area contributed by atoms with E-state index in [1.165, 1.54) is 6.92 Å². The zero-order valence-electron chi connectivity index (χ0n) is 19.2. The summed E-state index contributed by atoms with van der Waals surface area (Å²) in [6, 6.07) is 19.1. The molecule has 0 aromatic heterocycles. The Kier molecular flexibility index (Phi) is 5.66. The molecule has 8 heteroatoms. The molecule has 2 aliphatic heterocycles. The van der Waals surface area contributed by atoms with Crippen LogP contribution in [-0.2, 0) is 26.5 Å². The maximum Gasteiger partial charge on any atom is 0.342 e. The Morgan fingerprint density at radius 3 is 2.43 bits per heavy atom. The second-order valence-electron chi connectivity index (χ2n) is 8.24.